The van der Waals surface area contributed by atoms with Gasteiger partial charge in [0.25, 0.3) is 5.91 Å². The lowest BCUT2D eigenvalue weighted by atomic mass is 10.0. The van der Waals surface area contributed by atoms with Crippen molar-refractivity contribution in [1.82, 2.24) is 10.2 Å². The van der Waals surface area contributed by atoms with E-state index in [0.717, 1.165) is 39.8 Å². The molecule has 0 radical (unpaired) electrons. The van der Waals surface area contributed by atoms with E-state index in [9.17, 15) is 13.6 Å². The maximum Gasteiger partial charge on any atom is 0.256 e. The van der Waals surface area contributed by atoms with Crippen molar-refractivity contribution in [2.45, 2.75) is 12.8 Å². The lowest BCUT2D eigenvalue weighted by Gasteiger charge is -2.06. The van der Waals surface area contributed by atoms with E-state index in [0.29, 0.717) is 23.4 Å². The zero-order valence-corrected chi connectivity index (χ0v) is 17.5. The van der Waals surface area contributed by atoms with Crippen molar-refractivity contribution >= 4 is 38.6 Å². The lowest BCUT2D eigenvalue weighted by Crippen LogP contribution is -2.12. The van der Waals surface area contributed by atoms with Crippen molar-refractivity contribution in [1.29, 1.82) is 0 Å². The molecule has 0 aliphatic carbocycles. The van der Waals surface area contributed by atoms with Crippen molar-refractivity contribution in [3.05, 3.63) is 94.6 Å². The number of hydrogen-bond acceptors (Lipinski definition) is 2. The number of nitrogens with zero attached hydrogens (tertiary/aromatic N) is 1. The molecule has 4 aromatic rings. The second-order valence-electron chi connectivity index (χ2n) is 7.00. The van der Waals surface area contributed by atoms with Gasteiger partial charge in [-0.3, -0.25) is 9.89 Å². The fourth-order valence-electron chi connectivity index (χ4n) is 3.33. The molecule has 0 aliphatic heterocycles. The van der Waals surface area contributed by atoms with E-state index < -0.39 is 11.6 Å². The fraction of sp³-hybridized carbons (Fsp3) is 0.130. The van der Waals surface area contributed by atoms with Gasteiger partial charge >= 0.3 is 0 Å². The first-order chi connectivity index (χ1) is 14.5. The van der Waals surface area contributed by atoms with Gasteiger partial charge in [0.1, 0.15) is 11.6 Å². The largest absolute Gasteiger partial charge is 0.305 e. The van der Waals surface area contributed by atoms with Crippen LogP contribution in [0.25, 0.3) is 10.9 Å². The van der Waals surface area contributed by atoms with Crippen LogP contribution in [-0.4, -0.2) is 21.4 Å². The van der Waals surface area contributed by atoms with Gasteiger partial charge in [-0.25, -0.2) is 8.78 Å². The molecule has 0 fully saturated rings. The van der Waals surface area contributed by atoms with Crippen LogP contribution in [0.15, 0.2) is 60.7 Å². The highest BCUT2D eigenvalue weighted by molar-refractivity contribution is 9.09. The lowest BCUT2D eigenvalue weighted by molar-refractivity contribution is 0.102. The van der Waals surface area contributed by atoms with E-state index in [1.54, 1.807) is 12.1 Å². The molecule has 4 rings (SSSR count). The molecular weight excluding hydrogens is 452 g/mol. The zero-order chi connectivity index (χ0) is 21.1. The molecular formula is C23H18BrF2N3O. The van der Waals surface area contributed by atoms with Crippen molar-refractivity contribution in [2.24, 2.45) is 0 Å². The number of rotatable bonds is 6. The van der Waals surface area contributed by atoms with Crippen LogP contribution in [0.5, 0.6) is 0 Å². The van der Waals surface area contributed by atoms with Crippen molar-refractivity contribution < 1.29 is 13.6 Å². The predicted octanol–water partition coefficient (Wildman–Crippen LogP) is 5.62. The van der Waals surface area contributed by atoms with Crippen molar-refractivity contribution in [2.75, 3.05) is 10.6 Å². The van der Waals surface area contributed by atoms with Crippen LogP contribution in [0.2, 0.25) is 0 Å². The number of halogens is 3. The summed E-state index contributed by atoms with van der Waals surface area (Å²) in [6.07, 6.45) is 1.25. The van der Waals surface area contributed by atoms with Gasteiger partial charge in [-0.15, -0.1) is 0 Å². The smallest absolute Gasteiger partial charge is 0.256 e. The third kappa shape index (κ3) is 4.57. The number of aromatic nitrogens is 2. The third-order valence-electron chi connectivity index (χ3n) is 4.79. The second kappa shape index (κ2) is 8.75. The van der Waals surface area contributed by atoms with E-state index in [1.165, 1.54) is 12.1 Å². The Balaban J connectivity index is 1.55. The number of carbonyl (C=O) groups is 1. The summed E-state index contributed by atoms with van der Waals surface area (Å²) < 4.78 is 26.9. The molecule has 0 aliphatic rings. The summed E-state index contributed by atoms with van der Waals surface area (Å²) in [7, 11) is 0. The van der Waals surface area contributed by atoms with Crippen LogP contribution in [0.4, 0.5) is 14.6 Å². The molecule has 3 aromatic carbocycles. The number of hydrogen-bond donors (Lipinski definition) is 2. The predicted molar refractivity (Wildman–Crippen MR) is 117 cm³/mol. The molecule has 4 nitrogen and oxygen atoms in total. The molecule has 1 amide bonds. The Kier molecular flexibility index (Phi) is 5.90. The number of anilines is 1. The Morgan fingerprint density at radius 2 is 1.63 bits per heavy atom. The van der Waals surface area contributed by atoms with E-state index in [2.05, 4.69) is 31.4 Å². The van der Waals surface area contributed by atoms with Crippen LogP contribution in [0.3, 0.4) is 0 Å². The summed E-state index contributed by atoms with van der Waals surface area (Å²) in [4.78, 5) is 12.6. The summed E-state index contributed by atoms with van der Waals surface area (Å²) >= 11 is 3.40. The second-order valence-corrected chi connectivity index (χ2v) is 7.79. The quantitative estimate of drug-likeness (QED) is 0.360. The molecule has 7 heteroatoms. The Labute approximate surface area is 180 Å². The number of aromatic amines is 1. The normalized spacial score (nSPS) is 11.0. The van der Waals surface area contributed by atoms with Crippen LogP contribution in [-0.2, 0) is 12.8 Å². The monoisotopic (exact) mass is 469 g/mol. The molecule has 1 heterocycles. The van der Waals surface area contributed by atoms with Gasteiger partial charge in [0.2, 0.25) is 0 Å². The molecule has 0 bridgehead atoms. The topological polar surface area (TPSA) is 57.8 Å². The Bertz CT molecular complexity index is 1180. The van der Waals surface area contributed by atoms with Gasteiger partial charge in [0, 0.05) is 22.3 Å². The molecule has 30 heavy (non-hydrogen) atoms. The van der Waals surface area contributed by atoms with Crippen LogP contribution in [0, 0.1) is 11.6 Å². The van der Waals surface area contributed by atoms with Crippen LogP contribution < -0.4 is 5.32 Å². The molecule has 152 valence electrons. The van der Waals surface area contributed by atoms with E-state index in [4.69, 9.17) is 0 Å². The highest BCUT2D eigenvalue weighted by Crippen LogP contribution is 2.24. The highest BCUT2D eigenvalue weighted by Gasteiger charge is 2.12. The minimum absolute atomic E-state index is 0.258. The van der Waals surface area contributed by atoms with Gasteiger partial charge in [-0.05, 0) is 65.9 Å². The number of alkyl halides is 1. The van der Waals surface area contributed by atoms with Gasteiger partial charge in [-0.1, -0.05) is 34.1 Å². The molecule has 0 atom stereocenters. The molecule has 2 N–H and O–H groups in total. The molecule has 0 unspecified atom stereocenters. The van der Waals surface area contributed by atoms with Gasteiger partial charge < -0.3 is 5.32 Å². The average molecular weight is 470 g/mol. The van der Waals surface area contributed by atoms with Crippen molar-refractivity contribution in [3.63, 3.8) is 0 Å². The summed E-state index contributed by atoms with van der Waals surface area (Å²) in [5.74, 6) is -1.06. The van der Waals surface area contributed by atoms with E-state index in [1.807, 2.05) is 30.3 Å². The number of carbonyl (C=O) groups excluding carboxylic acids is 1. The number of fused-ring (bicyclic) bond motifs is 1. The van der Waals surface area contributed by atoms with Gasteiger partial charge in [-0.2, -0.15) is 5.10 Å². The third-order valence-corrected chi connectivity index (χ3v) is 5.19. The fourth-order valence-corrected chi connectivity index (χ4v) is 3.78. The first-order valence-electron chi connectivity index (χ1n) is 9.40. The first kappa shape index (κ1) is 20.2. The number of aryl methyl sites for hydroxylation is 1. The van der Waals surface area contributed by atoms with E-state index >= 15 is 0 Å². The number of benzene rings is 3. The minimum Gasteiger partial charge on any atom is -0.305 e. The number of nitrogens with one attached hydrogen (secondary N) is 2. The average Bonchev–Trinajstić information content (AvgIpc) is 3.10. The van der Waals surface area contributed by atoms with Crippen molar-refractivity contribution in [3.8, 4) is 0 Å². The maximum atomic E-state index is 13.5. The molecule has 0 saturated heterocycles. The molecule has 0 spiro atoms. The summed E-state index contributed by atoms with van der Waals surface area (Å²) in [5, 5.41) is 11.5. The first-order valence-corrected chi connectivity index (χ1v) is 10.5. The summed E-state index contributed by atoms with van der Waals surface area (Å²) in [6.45, 7) is 0. The minimum atomic E-state index is -0.607. The Morgan fingerprint density at radius 3 is 2.33 bits per heavy atom. The highest BCUT2D eigenvalue weighted by atomic mass is 79.9. The SMILES string of the molecule is O=C(Nc1n[nH]c2ccc(Cc3cc(F)cc(F)c3)cc12)c1ccc(CCBr)cc1. The Hall–Kier alpha value is -3.06. The number of H-pyrrole nitrogens is 1. The van der Waals surface area contributed by atoms with Crippen LogP contribution >= 0.6 is 15.9 Å². The summed E-state index contributed by atoms with van der Waals surface area (Å²) in [6, 6.07) is 16.4. The van der Waals surface area contributed by atoms with Crippen LogP contribution in [0.1, 0.15) is 27.0 Å². The summed E-state index contributed by atoms with van der Waals surface area (Å²) in [5.41, 5.74) is 3.82. The van der Waals surface area contributed by atoms with E-state index in [-0.39, 0.29) is 5.91 Å². The zero-order valence-electron chi connectivity index (χ0n) is 15.9. The van der Waals surface area contributed by atoms with Gasteiger partial charge in [0.05, 0.1) is 5.52 Å². The number of amides is 1. The maximum absolute atomic E-state index is 13.5. The Morgan fingerprint density at radius 1 is 0.933 bits per heavy atom. The molecule has 0 saturated carbocycles. The standard InChI is InChI=1S/C23H18BrF2N3O/c24-8-7-14-1-4-17(5-2-14)23(30)27-22-20-12-15(3-6-21(20)28-29-22)9-16-10-18(25)13-19(26)11-16/h1-6,10-13H,7-9H2,(H2,27,28,29,30). The molecule has 1 aromatic heterocycles. The van der Waals surface area contributed by atoms with Gasteiger partial charge in [0.15, 0.2) is 5.82 Å².